The monoisotopic (exact) mass is 291 g/mol. The van der Waals surface area contributed by atoms with Crippen molar-refractivity contribution < 1.29 is 9.90 Å². The van der Waals surface area contributed by atoms with Crippen molar-refractivity contribution in [2.24, 2.45) is 5.92 Å². The van der Waals surface area contributed by atoms with E-state index in [0.717, 1.165) is 24.5 Å². The van der Waals surface area contributed by atoms with E-state index in [1.165, 1.54) is 12.8 Å². The average molecular weight is 291 g/mol. The summed E-state index contributed by atoms with van der Waals surface area (Å²) in [6, 6.07) is 7.58. The Morgan fingerprint density at radius 2 is 1.95 bits per heavy atom. The summed E-state index contributed by atoms with van der Waals surface area (Å²) >= 11 is 0. The second kappa shape index (κ2) is 7.31. The number of rotatable bonds is 5. The summed E-state index contributed by atoms with van der Waals surface area (Å²) in [6.45, 7) is 5.94. The first-order valence-electron chi connectivity index (χ1n) is 7.64. The quantitative estimate of drug-likeness (QED) is 0.780. The molecule has 3 N–H and O–H groups in total. The lowest BCUT2D eigenvalue weighted by molar-refractivity contribution is 0.204. The fourth-order valence-electron chi connectivity index (χ4n) is 2.48. The topological polar surface area (TPSA) is 64.6 Å². The van der Waals surface area contributed by atoms with Crippen molar-refractivity contribution in [2.45, 2.75) is 32.7 Å². The van der Waals surface area contributed by atoms with Crippen LogP contribution >= 0.6 is 0 Å². The van der Waals surface area contributed by atoms with E-state index in [1.54, 1.807) is 0 Å². The number of nitrogens with one attached hydrogen (secondary N) is 2. The number of benzene rings is 1. The maximum absolute atomic E-state index is 12.1. The second-order valence-corrected chi connectivity index (χ2v) is 5.76. The molecule has 0 aliphatic carbocycles. The molecule has 1 aromatic rings. The van der Waals surface area contributed by atoms with Gasteiger partial charge >= 0.3 is 6.03 Å². The average Bonchev–Trinajstić information content (AvgIpc) is 3.00. The summed E-state index contributed by atoms with van der Waals surface area (Å²) in [7, 11) is 0. The van der Waals surface area contributed by atoms with Crippen molar-refractivity contribution in [3.63, 3.8) is 0 Å². The Kier molecular flexibility index (Phi) is 5.44. The third-order valence-corrected chi connectivity index (χ3v) is 4.10. The number of hydrogen-bond acceptors (Lipinski definition) is 3. The van der Waals surface area contributed by atoms with Gasteiger partial charge in [0.25, 0.3) is 0 Å². The Balaban J connectivity index is 2.00. The highest BCUT2D eigenvalue weighted by Crippen LogP contribution is 2.28. The first-order chi connectivity index (χ1) is 10.1. The highest BCUT2D eigenvalue weighted by Gasteiger charge is 2.18. The number of carbonyl (C=O) groups excluding carboxylic acids is 1. The number of aliphatic hydroxyl groups excluding tert-OH is 1. The predicted octanol–water partition coefficient (Wildman–Crippen LogP) is 2.43. The van der Waals surface area contributed by atoms with Crippen molar-refractivity contribution in [1.29, 1.82) is 0 Å². The normalized spacial score (nSPS) is 17.4. The van der Waals surface area contributed by atoms with Gasteiger partial charge in [-0.2, -0.15) is 0 Å². The summed E-state index contributed by atoms with van der Waals surface area (Å²) in [5.41, 5.74) is 1.91. The second-order valence-electron chi connectivity index (χ2n) is 5.76. The molecular weight excluding hydrogens is 266 g/mol. The van der Waals surface area contributed by atoms with Crippen molar-refractivity contribution in [1.82, 2.24) is 5.32 Å². The molecule has 0 bridgehead atoms. The number of anilines is 2. The van der Waals surface area contributed by atoms with Crippen LogP contribution in [0.5, 0.6) is 0 Å². The van der Waals surface area contributed by atoms with Crippen LogP contribution in [0.4, 0.5) is 16.2 Å². The Morgan fingerprint density at radius 3 is 2.62 bits per heavy atom. The van der Waals surface area contributed by atoms with Gasteiger partial charge in [0.2, 0.25) is 0 Å². The standard InChI is InChI=1S/C16H25N3O2/c1-12(11-20)13(2)17-16(21)18-14-7-3-4-8-15(14)19-9-5-6-10-19/h3-4,7-8,12-13,20H,5-6,9-11H2,1-2H3,(H2,17,18,21). The lowest BCUT2D eigenvalue weighted by Gasteiger charge is -2.23. The van der Waals surface area contributed by atoms with Crippen LogP contribution in [0.1, 0.15) is 26.7 Å². The van der Waals surface area contributed by atoms with Crippen LogP contribution in [0.15, 0.2) is 24.3 Å². The van der Waals surface area contributed by atoms with E-state index >= 15 is 0 Å². The highest BCUT2D eigenvalue weighted by molar-refractivity contribution is 5.93. The SMILES string of the molecule is CC(CO)C(C)NC(=O)Nc1ccccc1N1CCCC1. The van der Waals surface area contributed by atoms with Gasteiger partial charge in [0.05, 0.1) is 11.4 Å². The number of hydrogen-bond donors (Lipinski definition) is 3. The lowest BCUT2D eigenvalue weighted by Crippen LogP contribution is -2.41. The first-order valence-corrected chi connectivity index (χ1v) is 7.64. The number of nitrogens with zero attached hydrogens (tertiary/aromatic N) is 1. The van der Waals surface area contributed by atoms with E-state index in [1.807, 2.05) is 38.1 Å². The minimum atomic E-state index is -0.227. The van der Waals surface area contributed by atoms with E-state index in [4.69, 9.17) is 5.11 Å². The van der Waals surface area contributed by atoms with Gasteiger partial charge in [0.15, 0.2) is 0 Å². The molecule has 2 rings (SSSR count). The third kappa shape index (κ3) is 4.11. The zero-order chi connectivity index (χ0) is 15.2. The molecule has 2 amide bonds. The van der Waals surface area contributed by atoms with Gasteiger partial charge in [-0.25, -0.2) is 4.79 Å². The Hall–Kier alpha value is -1.75. The van der Waals surface area contributed by atoms with Crippen molar-refractivity contribution in [3.8, 4) is 0 Å². The van der Waals surface area contributed by atoms with Gasteiger partial charge in [0.1, 0.15) is 0 Å². The Bertz CT molecular complexity index is 472. The number of amides is 2. The minimum absolute atomic E-state index is 0.0320. The van der Waals surface area contributed by atoms with Crippen molar-refractivity contribution >= 4 is 17.4 Å². The molecule has 2 atom stereocenters. The van der Waals surface area contributed by atoms with E-state index in [2.05, 4.69) is 15.5 Å². The maximum Gasteiger partial charge on any atom is 0.319 e. The molecule has 21 heavy (non-hydrogen) atoms. The largest absolute Gasteiger partial charge is 0.396 e. The summed E-state index contributed by atoms with van der Waals surface area (Å²) in [5.74, 6) is 0.0320. The van der Waals surface area contributed by atoms with Crippen molar-refractivity contribution in [2.75, 3.05) is 29.9 Å². The summed E-state index contributed by atoms with van der Waals surface area (Å²) < 4.78 is 0. The zero-order valence-corrected chi connectivity index (χ0v) is 12.8. The Morgan fingerprint density at radius 1 is 1.29 bits per heavy atom. The van der Waals surface area contributed by atoms with E-state index in [-0.39, 0.29) is 24.6 Å². The van der Waals surface area contributed by atoms with Gasteiger partial charge in [-0.05, 0) is 37.8 Å². The highest BCUT2D eigenvalue weighted by atomic mass is 16.3. The van der Waals surface area contributed by atoms with Gasteiger partial charge in [0, 0.05) is 25.7 Å². The molecule has 5 heteroatoms. The zero-order valence-electron chi connectivity index (χ0n) is 12.8. The molecule has 0 aromatic heterocycles. The molecule has 2 unspecified atom stereocenters. The van der Waals surface area contributed by atoms with Crippen LogP contribution in [0.25, 0.3) is 0 Å². The van der Waals surface area contributed by atoms with Crippen LogP contribution in [-0.4, -0.2) is 36.9 Å². The fraction of sp³-hybridized carbons (Fsp3) is 0.562. The van der Waals surface area contributed by atoms with E-state index < -0.39 is 0 Å². The Labute approximate surface area is 126 Å². The van der Waals surface area contributed by atoms with Gasteiger partial charge in [-0.1, -0.05) is 19.1 Å². The fourth-order valence-corrected chi connectivity index (χ4v) is 2.48. The van der Waals surface area contributed by atoms with Crippen LogP contribution in [0.2, 0.25) is 0 Å². The molecule has 5 nitrogen and oxygen atoms in total. The summed E-state index contributed by atoms with van der Waals surface area (Å²) in [5, 5.41) is 14.9. The molecule has 0 saturated carbocycles. The molecule has 1 aliphatic rings. The lowest BCUT2D eigenvalue weighted by atomic mass is 10.1. The number of urea groups is 1. The minimum Gasteiger partial charge on any atom is -0.396 e. The maximum atomic E-state index is 12.1. The van der Waals surface area contributed by atoms with Gasteiger partial charge in [-0.3, -0.25) is 0 Å². The first kappa shape index (κ1) is 15.6. The molecular formula is C16H25N3O2. The summed E-state index contributed by atoms with van der Waals surface area (Å²) in [4.78, 5) is 14.4. The molecule has 1 aliphatic heterocycles. The number of aliphatic hydroxyl groups is 1. The van der Waals surface area contributed by atoms with Crippen LogP contribution < -0.4 is 15.5 Å². The molecule has 0 spiro atoms. The molecule has 1 heterocycles. The smallest absolute Gasteiger partial charge is 0.319 e. The molecule has 1 saturated heterocycles. The van der Waals surface area contributed by atoms with E-state index in [0.29, 0.717) is 0 Å². The number of carbonyl (C=O) groups is 1. The molecule has 0 radical (unpaired) electrons. The molecule has 1 fully saturated rings. The summed E-state index contributed by atoms with van der Waals surface area (Å²) in [6.07, 6.45) is 2.40. The number of para-hydroxylation sites is 2. The van der Waals surface area contributed by atoms with Crippen LogP contribution in [0.3, 0.4) is 0 Å². The van der Waals surface area contributed by atoms with Crippen LogP contribution in [0, 0.1) is 5.92 Å². The predicted molar refractivity (Wildman–Crippen MR) is 85.8 cm³/mol. The third-order valence-electron chi connectivity index (χ3n) is 4.10. The van der Waals surface area contributed by atoms with Gasteiger partial charge in [-0.15, -0.1) is 0 Å². The molecule has 1 aromatic carbocycles. The van der Waals surface area contributed by atoms with E-state index in [9.17, 15) is 4.79 Å². The molecule has 116 valence electrons. The van der Waals surface area contributed by atoms with Crippen molar-refractivity contribution in [3.05, 3.63) is 24.3 Å². The van der Waals surface area contributed by atoms with Gasteiger partial charge < -0.3 is 20.6 Å². The van der Waals surface area contributed by atoms with Crippen LogP contribution in [-0.2, 0) is 0 Å².